The topological polar surface area (TPSA) is 71.3 Å². The lowest BCUT2D eigenvalue weighted by Gasteiger charge is -2.28. The smallest absolute Gasteiger partial charge is 0.276 e. The molecule has 0 aliphatic heterocycles. The maximum atomic E-state index is 11.0. The summed E-state index contributed by atoms with van der Waals surface area (Å²) in [5.74, 6) is 3.70. The van der Waals surface area contributed by atoms with Crippen molar-refractivity contribution in [2.75, 3.05) is 30.9 Å². The summed E-state index contributed by atoms with van der Waals surface area (Å²) in [4.78, 5) is 17.2. The Morgan fingerprint density at radius 3 is 2.81 bits per heavy atom. The van der Waals surface area contributed by atoms with Crippen LogP contribution in [0.15, 0.2) is 12.1 Å². The van der Waals surface area contributed by atoms with Gasteiger partial charge in [0, 0.05) is 20.6 Å². The van der Waals surface area contributed by atoms with Gasteiger partial charge in [0.05, 0.1) is 17.1 Å². The fourth-order valence-corrected chi connectivity index (χ4v) is 3.98. The monoisotopic (exact) mass is 290 g/mol. The summed E-state index contributed by atoms with van der Waals surface area (Å²) in [5, 5.41) is 13.9. The van der Waals surface area contributed by atoms with Crippen LogP contribution in [0.3, 0.4) is 0 Å². The molecule has 2 fully saturated rings. The Bertz CT molecular complexity index is 548. The van der Waals surface area contributed by atoms with E-state index in [0.29, 0.717) is 17.6 Å². The van der Waals surface area contributed by atoms with Crippen molar-refractivity contribution in [3.8, 4) is 0 Å². The lowest BCUT2D eigenvalue weighted by atomic mass is 9.88. The summed E-state index contributed by atoms with van der Waals surface area (Å²) >= 11 is 0. The number of nitrogens with zero attached hydrogens (tertiary/aromatic N) is 3. The van der Waals surface area contributed by atoms with Crippen molar-refractivity contribution in [1.82, 2.24) is 4.98 Å². The van der Waals surface area contributed by atoms with Crippen molar-refractivity contribution in [2.24, 2.45) is 17.8 Å². The highest BCUT2D eigenvalue weighted by Crippen LogP contribution is 2.48. The molecular weight excluding hydrogens is 268 g/mol. The first-order valence-corrected chi connectivity index (χ1v) is 7.62. The van der Waals surface area contributed by atoms with Gasteiger partial charge in [-0.1, -0.05) is 6.42 Å². The summed E-state index contributed by atoms with van der Waals surface area (Å²) in [6, 6.07) is 3.03. The van der Waals surface area contributed by atoms with E-state index in [1.165, 1.54) is 31.7 Å². The molecule has 0 spiro atoms. The highest BCUT2D eigenvalue weighted by atomic mass is 16.6. The Kier molecular flexibility index (Phi) is 3.69. The van der Waals surface area contributed by atoms with Crippen molar-refractivity contribution in [3.05, 3.63) is 22.2 Å². The number of pyridine rings is 1. The molecule has 2 bridgehead atoms. The second kappa shape index (κ2) is 5.50. The van der Waals surface area contributed by atoms with Gasteiger partial charge in [-0.05, 0) is 37.0 Å². The summed E-state index contributed by atoms with van der Waals surface area (Å²) in [5.41, 5.74) is 0.0872. The Balaban J connectivity index is 1.75. The molecule has 1 aromatic rings. The summed E-state index contributed by atoms with van der Waals surface area (Å²) in [6.07, 6.45) is 5.43. The number of fused-ring (bicyclic) bond motifs is 2. The van der Waals surface area contributed by atoms with E-state index in [1.807, 2.05) is 7.05 Å². The van der Waals surface area contributed by atoms with Gasteiger partial charge in [0.25, 0.3) is 5.69 Å². The number of hydrogen-bond acceptors (Lipinski definition) is 5. The Morgan fingerprint density at radius 1 is 1.43 bits per heavy atom. The molecule has 1 heterocycles. The van der Waals surface area contributed by atoms with Crippen LogP contribution in [0, 0.1) is 27.9 Å². The van der Waals surface area contributed by atoms with Gasteiger partial charge in [-0.25, -0.2) is 4.98 Å². The van der Waals surface area contributed by atoms with Crippen LogP contribution in [0.25, 0.3) is 0 Å². The first-order chi connectivity index (χ1) is 10.1. The molecule has 2 saturated carbocycles. The van der Waals surface area contributed by atoms with Crippen LogP contribution >= 0.6 is 0 Å². The third-order valence-electron chi connectivity index (χ3n) is 5.05. The van der Waals surface area contributed by atoms with Crippen molar-refractivity contribution in [3.63, 3.8) is 0 Å². The van der Waals surface area contributed by atoms with Crippen LogP contribution in [-0.4, -0.2) is 30.5 Å². The average Bonchev–Trinajstić information content (AvgIpc) is 3.09. The normalized spacial score (nSPS) is 26.9. The number of anilines is 2. The number of hydrogen-bond donors (Lipinski definition) is 1. The van der Waals surface area contributed by atoms with Crippen LogP contribution in [0.1, 0.15) is 25.7 Å². The van der Waals surface area contributed by atoms with Crippen LogP contribution < -0.4 is 10.2 Å². The summed E-state index contributed by atoms with van der Waals surface area (Å²) in [6.45, 7) is 0.943. The van der Waals surface area contributed by atoms with Crippen molar-refractivity contribution < 1.29 is 4.92 Å². The van der Waals surface area contributed by atoms with Gasteiger partial charge in [0.2, 0.25) is 0 Å². The largest absolute Gasteiger partial charge is 0.373 e. The van der Waals surface area contributed by atoms with Crippen LogP contribution in [-0.2, 0) is 0 Å². The van der Waals surface area contributed by atoms with Crippen molar-refractivity contribution in [1.29, 1.82) is 0 Å². The first-order valence-electron chi connectivity index (χ1n) is 7.62. The maximum absolute atomic E-state index is 11.0. The van der Waals surface area contributed by atoms with E-state index in [9.17, 15) is 10.1 Å². The van der Waals surface area contributed by atoms with E-state index < -0.39 is 0 Å². The Hall–Kier alpha value is -1.85. The first kappa shape index (κ1) is 14.1. The van der Waals surface area contributed by atoms with E-state index >= 15 is 0 Å². The molecular formula is C15H22N4O2. The number of aromatic nitrogens is 1. The predicted molar refractivity (Wildman–Crippen MR) is 82.6 cm³/mol. The lowest BCUT2D eigenvalue weighted by molar-refractivity contribution is -0.384. The third-order valence-corrected chi connectivity index (χ3v) is 5.05. The van der Waals surface area contributed by atoms with E-state index in [0.717, 1.165) is 18.4 Å². The van der Waals surface area contributed by atoms with Gasteiger partial charge in [-0.3, -0.25) is 10.1 Å². The van der Waals surface area contributed by atoms with Gasteiger partial charge < -0.3 is 10.2 Å². The zero-order chi connectivity index (χ0) is 15.0. The fraction of sp³-hybridized carbons (Fsp3) is 0.667. The minimum absolute atomic E-state index is 0.0872. The minimum atomic E-state index is -0.364. The SMILES string of the molecule is CNc1cc([N+](=O)[O-])cc(N(C)CC2CC3CCC2C3)n1. The summed E-state index contributed by atoms with van der Waals surface area (Å²) < 4.78 is 0. The zero-order valence-corrected chi connectivity index (χ0v) is 12.6. The molecule has 3 atom stereocenters. The number of nitrogens with one attached hydrogen (secondary N) is 1. The van der Waals surface area contributed by atoms with E-state index in [4.69, 9.17) is 0 Å². The number of nitro groups is 1. The van der Waals surface area contributed by atoms with E-state index in [-0.39, 0.29) is 10.6 Å². The molecule has 1 N–H and O–H groups in total. The molecule has 0 radical (unpaired) electrons. The summed E-state index contributed by atoms with van der Waals surface area (Å²) in [7, 11) is 3.71. The third kappa shape index (κ3) is 2.80. The Morgan fingerprint density at radius 2 is 2.24 bits per heavy atom. The highest BCUT2D eigenvalue weighted by molar-refractivity contribution is 5.55. The molecule has 2 aliphatic rings. The highest BCUT2D eigenvalue weighted by Gasteiger charge is 2.39. The second-order valence-corrected chi connectivity index (χ2v) is 6.39. The second-order valence-electron chi connectivity index (χ2n) is 6.39. The molecule has 1 aromatic heterocycles. The molecule has 6 nitrogen and oxygen atoms in total. The molecule has 6 heteroatoms. The quantitative estimate of drug-likeness (QED) is 0.667. The van der Waals surface area contributed by atoms with Crippen LogP contribution in [0.4, 0.5) is 17.3 Å². The molecule has 114 valence electrons. The van der Waals surface area contributed by atoms with Crippen molar-refractivity contribution >= 4 is 17.3 Å². The van der Waals surface area contributed by atoms with Gasteiger partial charge in [0.1, 0.15) is 11.6 Å². The van der Waals surface area contributed by atoms with E-state index in [1.54, 1.807) is 13.1 Å². The Labute approximate surface area is 124 Å². The van der Waals surface area contributed by atoms with Crippen molar-refractivity contribution in [2.45, 2.75) is 25.7 Å². The van der Waals surface area contributed by atoms with E-state index in [2.05, 4.69) is 15.2 Å². The van der Waals surface area contributed by atoms with Crippen LogP contribution in [0.2, 0.25) is 0 Å². The number of rotatable bonds is 5. The zero-order valence-electron chi connectivity index (χ0n) is 12.6. The van der Waals surface area contributed by atoms with Crippen LogP contribution in [0.5, 0.6) is 0 Å². The molecule has 3 rings (SSSR count). The van der Waals surface area contributed by atoms with Gasteiger partial charge >= 0.3 is 0 Å². The average molecular weight is 290 g/mol. The lowest BCUT2D eigenvalue weighted by Crippen LogP contribution is -2.29. The standard InChI is InChI=1S/C15H22N4O2/c1-16-14-7-13(19(20)21)8-15(17-14)18(2)9-12-6-10-3-4-11(12)5-10/h7-8,10-12H,3-6,9H2,1-2H3,(H,16,17). The molecule has 0 aromatic carbocycles. The molecule has 0 saturated heterocycles. The van der Waals surface area contributed by atoms with Gasteiger partial charge in [-0.2, -0.15) is 0 Å². The maximum Gasteiger partial charge on any atom is 0.276 e. The predicted octanol–water partition coefficient (Wildman–Crippen LogP) is 2.90. The molecule has 21 heavy (non-hydrogen) atoms. The fourth-order valence-electron chi connectivity index (χ4n) is 3.98. The molecule has 2 aliphatic carbocycles. The molecule has 3 unspecified atom stereocenters. The van der Waals surface area contributed by atoms with Gasteiger partial charge in [-0.15, -0.1) is 0 Å². The van der Waals surface area contributed by atoms with Gasteiger partial charge in [0.15, 0.2) is 0 Å². The minimum Gasteiger partial charge on any atom is -0.373 e. The molecule has 0 amide bonds.